The number of carboxylic acids is 1. The Kier molecular flexibility index (Phi) is 5.97. The smallest absolute Gasteiger partial charge is 0.326 e. The lowest BCUT2D eigenvalue weighted by Crippen LogP contribution is -2.48. The Morgan fingerprint density at radius 3 is 2.52 bits per heavy atom. The number of halogens is 1. The lowest BCUT2D eigenvalue weighted by molar-refractivity contribution is -0.142. The van der Waals surface area contributed by atoms with Crippen LogP contribution in [0.1, 0.15) is 32.8 Å². The first kappa shape index (κ1) is 17.2. The van der Waals surface area contributed by atoms with E-state index in [0.717, 1.165) is 0 Å². The van der Waals surface area contributed by atoms with E-state index in [1.54, 1.807) is 57.2 Å². The van der Waals surface area contributed by atoms with Crippen LogP contribution in [0.5, 0.6) is 0 Å². The SMILES string of the molecule is C/C=C/CC(NC(=O)C(C)(C)c1ccccc1Cl)C(=O)O. The van der Waals surface area contributed by atoms with Crippen LogP contribution in [0.15, 0.2) is 36.4 Å². The number of aliphatic carboxylic acids is 1. The zero-order chi connectivity index (χ0) is 16.0. The Balaban J connectivity index is 2.95. The number of allylic oxidation sites excluding steroid dienone is 1. The van der Waals surface area contributed by atoms with Gasteiger partial charge in [-0.25, -0.2) is 4.79 Å². The fourth-order valence-electron chi connectivity index (χ4n) is 1.92. The van der Waals surface area contributed by atoms with Gasteiger partial charge in [0.15, 0.2) is 0 Å². The molecule has 1 unspecified atom stereocenters. The summed E-state index contributed by atoms with van der Waals surface area (Å²) in [5, 5.41) is 12.2. The third-order valence-corrected chi connectivity index (χ3v) is 3.66. The topological polar surface area (TPSA) is 66.4 Å². The zero-order valence-corrected chi connectivity index (χ0v) is 13.1. The molecule has 1 atom stereocenters. The van der Waals surface area contributed by atoms with Crippen molar-refractivity contribution in [2.75, 3.05) is 0 Å². The van der Waals surface area contributed by atoms with Gasteiger partial charge in [-0.1, -0.05) is 42.0 Å². The molecule has 0 bridgehead atoms. The quantitative estimate of drug-likeness (QED) is 0.793. The lowest BCUT2D eigenvalue weighted by atomic mass is 9.83. The minimum absolute atomic E-state index is 0.246. The molecule has 0 saturated heterocycles. The van der Waals surface area contributed by atoms with Gasteiger partial charge in [0, 0.05) is 5.02 Å². The van der Waals surface area contributed by atoms with Crippen molar-refractivity contribution in [3.8, 4) is 0 Å². The van der Waals surface area contributed by atoms with Crippen molar-refractivity contribution in [1.29, 1.82) is 0 Å². The largest absolute Gasteiger partial charge is 0.480 e. The Bertz CT molecular complexity index is 552. The number of hydrogen-bond acceptors (Lipinski definition) is 2. The number of carbonyl (C=O) groups is 2. The molecule has 0 saturated carbocycles. The molecule has 0 heterocycles. The highest BCUT2D eigenvalue weighted by atomic mass is 35.5. The molecule has 0 aromatic heterocycles. The number of amides is 1. The summed E-state index contributed by atoms with van der Waals surface area (Å²) in [5.41, 5.74) is -0.249. The second-order valence-electron chi connectivity index (χ2n) is 5.27. The summed E-state index contributed by atoms with van der Waals surface area (Å²) in [6, 6.07) is 6.11. The number of carbonyl (C=O) groups excluding carboxylic acids is 1. The molecule has 0 radical (unpaired) electrons. The predicted molar refractivity (Wildman–Crippen MR) is 83.5 cm³/mol. The lowest BCUT2D eigenvalue weighted by Gasteiger charge is -2.27. The summed E-state index contributed by atoms with van der Waals surface area (Å²) in [6.45, 7) is 5.24. The first-order valence-corrected chi connectivity index (χ1v) is 7.08. The van der Waals surface area contributed by atoms with E-state index in [1.807, 2.05) is 0 Å². The van der Waals surface area contributed by atoms with Gasteiger partial charge in [0.05, 0.1) is 5.41 Å². The molecule has 0 aliphatic rings. The molecule has 1 aromatic carbocycles. The maximum Gasteiger partial charge on any atom is 0.326 e. The van der Waals surface area contributed by atoms with E-state index in [9.17, 15) is 9.59 Å². The minimum atomic E-state index is -1.06. The maximum absolute atomic E-state index is 12.4. The fraction of sp³-hybridized carbons (Fsp3) is 0.375. The van der Waals surface area contributed by atoms with Crippen molar-refractivity contribution in [1.82, 2.24) is 5.32 Å². The molecule has 2 N–H and O–H groups in total. The molecule has 5 heteroatoms. The highest BCUT2D eigenvalue weighted by molar-refractivity contribution is 6.31. The van der Waals surface area contributed by atoms with Crippen molar-refractivity contribution < 1.29 is 14.7 Å². The van der Waals surface area contributed by atoms with E-state index in [-0.39, 0.29) is 12.3 Å². The van der Waals surface area contributed by atoms with Crippen LogP contribution in [-0.2, 0) is 15.0 Å². The van der Waals surface area contributed by atoms with Crippen LogP contribution >= 0.6 is 11.6 Å². The Labute approximate surface area is 129 Å². The van der Waals surface area contributed by atoms with E-state index in [2.05, 4.69) is 5.32 Å². The van der Waals surface area contributed by atoms with Crippen LogP contribution in [0.25, 0.3) is 0 Å². The average molecular weight is 310 g/mol. The summed E-state index contributed by atoms with van der Waals surface area (Å²) in [4.78, 5) is 23.6. The maximum atomic E-state index is 12.4. The number of carboxylic acid groups (broad SMARTS) is 1. The second-order valence-corrected chi connectivity index (χ2v) is 5.68. The molecule has 1 rings (SSSR count). The van der Waals surface area contributed by atoms with Crippen molar-refractivity contribution in [3.63, 3.8) is 0 Å². The van der Waals surface area contributed by atoms with Gasteiger partial charge in [0.2, 0.25) is 5.91 Å². The Hall–Kier alpha value is -1.81. The van der Waals surface area contributed by atoms with Crippen molar-refractivity contribution >= 4 is 23.5 Å². The van der Waals surface area contributed by atoms with Gasteiger partial charge >= 0.3 is 5.97 Å². The van der Waals surface area contributed by atoms with Gasteiger partial charge in [-0.15, -0.1) is 0 Å². The van der Waals surface area contributed by atoms with E-state index in [1.165, 1.54) is 0 Å². The normalized spacial score (nSPS) is 13.1. The predicted octanol–water partition coefficient (Wildman–Crippen LogP) is 3.15. The molecule has 0 aliphatic heterocycles. The van der Waals surface area contributed by atoms with Gasteiger partial charge < -0.3 is 10.4 Å². The number of nitrogens with one attached hydrogen (secondary N) is 1. The molecule has 114 valence electrons. The van der Waals surface area contributed by atoms with E-state index in [4.69, 9.17) is 16.7 Å². The number of rotatable bonds is 6. The molecule has 21 heavy (non-hydrogen) atoms. The third-order valence-electron chi connectivity index (χ3n) is 3.33. The molecular weight excluding hydrogens is 290 g/mol. The van der Waals surface area contributed by atoms with Crippen LogP contribution in [0.3, 0.4) is 0 Å². The molecule has 0 fully saturated rings. The first-order valence-electron chi connectivity index (χ1n) is 6.70. The van der Waals surface area contributed by atoms with E-state index >= 15 is 0 Å². The van der Waals surface area contributed by atoms with Crippen molar-refractivity contribution in [2.45, 2.75) is 38.6 Å². The average Bonchev–Trinajstić information content (AvgIpc) is 2.43. The fourth-order valence-corrected chi connectivity index (χ4v) is 2.29. The number of hydrogen-bond donors (Lipinski definition) is 2. The van der Waals surface area contributed by atoms with Crippen LogP contribution in [-0.4, -0.2) is 23.0 Å². The van der Waals surface area contributed by atoms with Gasteiger partial charge in [-0.2, -0.15) is 0 Å². The molecule has 1 amide bonds. The van der Waals surface area contributed by atoms with Crippen LogP contribution in [0.4, 0.5) is 0 Å². The highest BCUT2D eigenvalue weighted by Crippen LogP contribution is 2.30. The van der Waals surface area contributed by atoms with Crippen LogP contribution < -0.4 is 5.32 Å². The van der Waals surface area contributed by atoms with Gasteiger partial charge in [0.1, 0.15) is 6.04 Å². The second kappa shape index (κ2) is 7.27. The molecule has 0 aliphatic carbocycles. The van der Waals surface area contributed by atoms with Crippen molar-refractivity contribution in [2.24, 2.45) is 0 Å². The summed E-state index contributed by atoms with van der Waals surface area (Å²) in [5.74, 6) is -1.43. The van der Waals surface area contributed by atoms with Gasteiger partial charge in [-0.05, 0) is 38.8 Å². The summed E-state index contributed by atoms with van der Waals surface area (Å²) in [7, 11) is 0. The number of benzene rings is 1. The van der Waals surface area contributed by atoms with E-state index < -0.39 is 17.4 Å². The van der Waals surface area contributed by atoms with Crippen LogP contribution in [0, 0.1) is 0 Å². The van der Waals surface area contributed by atoms with Crippen molar-refractivity contribution in [3.05, 3.63) is 47.0 Å². The summed E-state index contributed by atoms with van der Waals surface area (Å²) < 4.78 is 0. The summed E-state index contributed by atoms with van der Waals surface area (Å²) >= 11 is 6.13. The Morgan fingerprint density at radius 2 is 2.00 bits per heavy atom. The van der Waals surface area contributed by atoms with Crippen LogP contribution in [0.2, 0.25) is 5.02 Å². The summed E-state index contributed by atoms with van der Waals surface area (Å²) in [6.07, 6.45) is 3.71. The minimum Gasteiger partial charge on any atom is -0.480 e. The standard InChI is InChI=1S/C16H20ClNO3/c1-4-5-10-13(14(19)20)18-15(21)16(2,3)11-8-6-7-9-12(11)17/h4-9,13H,10H2,1-3H3,(H,18,21)(H,19,20)/b5-4+. The molecule has 4 nitrogen and oxygen atoms in total. The zero-order valence-electron chi connectivity index (χ0n) is 12.4. The van der Waals surface area contributed by atoms with E-state index in [0.29, 0.717) is 10.6 Å². The Morgan fingerprint density at radius 1 is 1.38 bits per heavy atom. The third kappa shape index (κ3) is 4.33. The molecular formula is C16H20ClNO3. The van der Waals surface area contributed by atoms with Gasteiger partial charge in [-0.3, -0.25) is 4.79 Å². The molecule has 0 spiro atoms. The van der Waals surface area contributed by atoms with Gasteiger partial charge in [0.25, 0.3) is 0 Å². The molecule has 1 aromatic rings. The first-order chi connectivity index (χ1) is 9.80. The highest BCUT2D eigenvalue weighted by Gasteiger charge is 2.34. The monoisotopic (exact) mass is 309 g/mol.